The van der Waals surface area contributed by atoms with E-state index in [4.69, 9.17) is 16.0 Å². The quantitative estimate of drug-likeness (QED) is 0.670. The molecule has 0 spiro atoms. The highest BCUT2D eigenvalue weighted by atomic mass is 35.5. The van der Waals surface area contributed by atoms with E-state index >= 15 is 0 Å². The maximum atomic E-state index is 14.0. The standard InChI is InChI=1S/C20H18ClFN2O2/c1-12-16-5-4-6-17(21)19(16)26-18(12)20(25)23-14-9-13(22)10-15(11-14)24-7-2-3-8-24/h4-6,9-11H,2-3,7-8H2,1H3,(H,23,25). The van der Waals surface area contributed by atoms with Gasteiger partial charge in [-0.25, -0.2) is 4.39 Å². The van der Waals surface area contributed by atoms with E-state index in [1.807, 2.05) is 12.1 Å². The molecular formula is C20H18ClFN2O2. The first-order valence-corrected chi connectivity index (χ1v) is 8.95. The Kier molecular flexibility index (Phi) is 4.32. The van der Waals surface area contributed by atoms with Crippen LogP contribution in [0.5, 0.6) is 0 Å². The fourth-order valence-corrected chi connectivity index (χ4v) is 3.63. The van der Waals surface area contributed by atoms with Crippen molar-refractivity contribution in [3.05, 3.63) is 58.6 Å². The van der Waals surface area contributed by atoms with Gasteiger partial charge in [-0.3, -0.25) is 4.79 Å². The van der Waals surface area contributed by atoms with Gasteiger partial charge < -0.3 is 14.6 Å². The number of rotatable bonds is 3. The lowest BCUT2D eigenvalue weighted by Gasteiger charge is -2.18. The summed E-state index contributed by atoms with van der Waals surface area (Å²) in [4.78, 5) is 14.8. The number of para-hydroxylation sites is 1. The Bertz CT molecular complexity index is 993. The van der Waals surface area contributed by atoms with Crippen molar-refractivity contribution in [3.8, 4) is 0 Å². The number of anilines is 2. The topological polar surface area (TPSA) is 45.5 Å². The van der Waals surface area contributed by atoms with E-state index in [1.54, 1.807) is 19.1 Å². The van der Waals surface area contributed by atoms with Gasteiger partial charge in [0.1, 0.15) is 5.82 Å². The number of furan rings is 1. The average Bonchev–Trinajstić information content (AvgIpc) is 3.24. The molecule has 4 nitrogen and oxygen atoms in total. The van der Waals surface area contributed by atoms with Crippen LogP contribution in [0.25, 0.3) is 11.0 Å². The molecule has 0 unspecified atom stereocenters. The normalized spacial score (nSPS) is 14.2. The molecule has 1 aliphatic rings. The third-order valence-corrected chi connectivity index (χ3v) is 5.03. The second-order valence-electron chi connectivity index (χ2n) is 6.52. The summed E-state index contributed by atoms with van der Waals surface area (Å²) in [7, 11) is 0. The molecule has 134 valence electrons. The molecule has 2 aromatic carbocycles. The van der Waals surface area contributed by atoms with Crippen molar-refractivity contribution in [2.75, 3.05) is 23.3 Å². The van der Waals surface area contributed by atoms with E-state index < -0.39 is 5.91 Å². The van der Waals surface area contributed by atoms with E-state index in [-0.39, 0.29) is 11.6 Å². The first kappa shape index (κ1) is 16.9. The fourth-order valence-electron chi connectivity index (χ4n) is 3.42. The van der Waals surface area contributed by atoms with Crippen molar-refractivity contribution in [1.29, 1.82) is 0 Å². The van der Waals surface area contributed by atoms with Crippen LogP contribution in [0.4, 0.5) is 15.8 Å². The molecule has 0 atom stereocenters. The number of benzene rings is 2. The molecule has 26 heavy (non-hydrogen) atoms. The molecule has 0 aliphatic carbocycles. The highest BCUT2D eigenvalue weighted by Gasteiger charge is 2.20. The highest BCUT2D eigenvalue weighted by Crippen LogP contribution is 2.31. The van der Waals surface area contributed by atoms with Crippen LogP contribution >= 0.6 is 11.6 Å². The second kappa shape index (κ2) is 6.65. The molecule has 1 aromatic heterocycles. The molecule has 1 aliphatic heterocycles. The smallest absolute Gasteiger partial charge is 0.291 e. The SMILES string of the molecule is Cc1c(C(=O)Nc2cc(F)cc(N3CCCC3)c2)oc2c(Cl)cccc12. The molecule has 4 rings (SSSR count). The van der Waals surface area contributed by atoms with E-state index in [0.29, 0.717) is 21.9 Å². The van der Waals surface area contributed by atoms with Crippen LogP contribution in [-0.2, 0) is 0 Å². The van der Waals surface area contributed by atoms with E-state index in [1.165, 1.54) is 12.1 Å². The first-order valence-electron chi connectivity index (χ1n) is 8.57. The van der Waals surface area contributed by atoms with E-state index in [2.05, 4.69) is 10.2 Å². The number of nitrogens with zero attached hydrogens (tertiary/aromatic N) is 1. The fraction of sp³-hybridized carbons (Fsp3) is 0.250. The van der Waals surface area contributed by atoms with Gasteiger partial charge in [-0.2, -0.15) is 0 Å². The summed E-state index contributed by atoms with van der Waals surface area (Å²) in [6, 6.07) is 9.96. The molecule has 1 fully saturated rings. The van der Waals surface area contributed by atoms with Crippen LogP contribution in [0.3, 0.4) is 0 Å². The number of halogens is 2. The Hall–Kier alpha value is -2.53. The summed E-state index contributed by atoms with van der Waals surface area (Å²) in [6.45, 7) is 3.61. The van der Waals surface area contributed by atoms with Gasteiger partial charge in [-0.1, -0.05) is 23.7 Å². The van der Waals surface area contributed by atoms with Crippen molar-refractivity contribution in [3.63, 3.8) is 0 Å². The van der Waals surface area contributed by atoms with E-state index in [9.17, 15) is 9.18 Å². The van der Waals surface area contributed by atoms with Gasteiger partial charge in [0.15, 0.2) is 11.3 Å². The number of aryl methyl sites for hydroxylation is 1. The van der Waals surface area contributed by atoms with Gasteiger partial charge in [0.05, 0.1) is 5.02 Å². The lowest BCUT2D eigenvalue weighted by molar-refractivity contribution is 0.0998. The third-order valence-electron chi connectivity index (χ3n) is 4.73. The number of amides is 1. The zero-order chi connectivity index (χ0) is 18.3. The molecular weight excluding hydrogens is 355 g/mol. The number of hydrogen-bond acceptors (Lipinski definition) is 3. The van der Waals surface area contributed by atoms with Crippen molar-refractivity contribution < 1.29 is 13.6 Å². The molecule has 1 N–H and O–H groups in total. The number of carbonyl (C=O) groups excluding carboxylic acids is 1. The van der Waals surface area contributed by atoms with Crippen LogP contribution < -0.4 is 10.2 Å². The summed E-state index contributed by atoms with van der Waals surface area (Å²) in [5, 5.41) is 3.98. The second-order valence-corrected chi connectivity index (χ2v) is 6.93. The Labute approximate surface area is 155 Å². The predicted molar refractivity (Wildman–Crippen MR) is 102 cm³/mol. The highest BCUT2D eigenvalue weighted by molar-refractivity contribution is 6.35. The van der Waals surface area contributed by atoms with Crippen LogP contribution in [-0.4, -0.2) is 19.0 Å². The zero-order valence-corrected chi connectivity index (χ0v) is 15.1. The van der Waals surface area contributed by atoms with Crippen LogP contribution in [0.15, 0.2) is 40.8 Å². The lowest BCUT2D eigenvalue weighted by atomic mass is 10.1. The van der Waals surface area contributed by atoms with Crippen molar-refractivity contribution in [2.24, 2.45) is 0 Å². The maximum absolute atomic E-state index is 14.0. The minimum Gasteiger partial charge on any atom is -0.449 e. The molecule has 2 heterocycles. The maximum Gasteiger partial charge on any atom is 0.291 e. The van der Waals surface area contributed by atoms with Gasteiger partial charge in [-0.15, -0.1) is 0 Å². The minimum atomic E-state index is -0.423. The monoisotopic (exact) mass is 372 g/mol. The van der Waals surface area contributed by atoms with Crippen LogP contribution in [0, 0.1) is 12.7 Å². The van der Waals surface area contributed by atoms with Gasteiger partial charge >= 0.3 is 0 Å². The summed E-state index contributed by atoms with van der Waals surface area (Å²) in [6.07, 6.45) is 2.19. The molecule has 3 aromatic rings. The Morgan fingerprint density at radius 1 is 1.23 bits per heavy atom. The summed E-state index contributed by atoms with van der Waals surface area (Å²) in [5.74, 6) is -0.623. The van der Waals surface area contributed by atoms with Crippen LogP contribution in [0.2, 0.25) is 5.02 Å². The zero-order valence-electron chi connectivity index (χ0n) is 14.3. The molecule has 6 heteroatoms. The summed E-state index contributed by atoms with van der Waals surface area (Å²) < 4.78 is 19.7. The largest absolute Gasteiger partial charge is 0.449 e. The summed E-state index contributed by atoms with van der Waals surface area (Å²) >= 11 is 6.14. The molecule has 1 saturated heterocycles. The van der Waals surface area contributed by atoms with Gasteiger partial charge in [0.25, 0.3) is 5.91 Å². The third kappa shape index (κ3) is 3.03. The average molecular weight is 373 g/mol. The Balaban J connectivity index is 1.64. The van der Waals surface area contributed by atoms with E-state index in [0.717, 1.165) is 37.0 Å². The first-order chi connectivity index (χ1) is 12.5. The van der Waals surface area contributed by atoms with Crippen molar-refractivity contribution in [2.45, 2.75) is 19.8 Å². The van der Waals surface area contributed by atoms with Crippen molar-refractivity contribution in [1.82, 2.24) is 0 Å². The Morgan fingerprint density at radius 2 is 2.00 bits per heavy atom. The van der Waals surface area contributed by atoms with Gasteiger partial charge in [-0.05, 0) is 44.0 Å². The molecule has 0 bridgehead atoms. The molecule has 1 amide bonds. The number of hydrogen-bond donors (Lipinski definition) is 1. The summed E-state index contributed by atoms with van der Waals surface area (Å²) in [5.41, 5.74) is 2.37. The van der Waals surface area contributed by atoms with Gasteiger partial charge in [0, 0.05) is 35.4 Å². The lowest BCUT2D eigenvalue weighted by Crippen LogP contribution is -2.18. The minimum absolute atomic E-state index is 0.181. The number of fused-ring (bicyclic) bond motifs is 1. The molecule has 0 radical (unpaired) electrons. The Morgan fingerprint density at radius 3 is 2.73 bits per heavy atom. The number of nitrogens with one attached hydrogen (secondary N) is 1. The van der Waals surface area contributed by atoms with Crippen molar-refractivity contribution >= 4 is 39.9 Å². The number of carbonyl (C=O) groups is 1. The molecule has 0 saturated carbocycles. The van der Waals surface area contributed by atoms with Gasteiger partial charge in [0.2, 0.25) is 0 Å². The van der Waals surface area contributed by atoms with Crippen LogP contribution in [0.1, 0.15) is 29.0 Å². The predicted octanol–water partition coefficient (Wildman–Crippen LogP) is 5.39.